The van der Waals surface area contributed by atoms with Crippen LogP contribution >= 0.6 is 22.7 Å². The van der Waals surface area contributed by atoms with Crippen LogP contribution in [0.3, 0.4) is 0 Å². The van der Waals surface area contributed by atoms with Gasteiger partial charge in [0, 0.05) is 18.1 Å². The molecule has 1 fully saturated rings. The first-order valence-electron chi connectivity index (χ1n) is 6.36. The van der Waals surface area contributed by atoms with E-state index in [-0.39, 0.29) is 6.10 Å². The fourth-order valence-corrected chi connectivity index (χ4v) is 3.82. The summed E-state index contributed by atoms with van der Waals surface area (Å²) in [5, 5.41) is 6.20. The van der Waals surface area contributed by atoms with Gasteiger partial charge < -0.3 is 9.64 Å². The second kappa shape index (κ2) is 5.08. The molecule has 0 saturated carbocycles. The molecule has 1 aliphatic heterocycles. The molecule has 1 saturated heterocycles. The lowest BCUT2D eigenvalue weighted by molar-refractivity contribution is 0.0395. The van der Waals surface area contributed by atoms with E-state index >= 15 is 0 Å². The largest absolute Gasteiger partial charge is 0.367 e. The van der Waals surface area contributed by atoms with Gasteiger partial charge in [-0.05, 0) is 11.4 Å². The highest BCUT2D eigenvalue weighted by Crippen LogP contribution is 2.31. The molecule has 1 unspecified atom stereocenters. The number of aromatic nitrogens is 3. The number of rotatable bonds is 2. The van der Waals surface area contributed by atoms with Gasteiger partial charge in [0.1, 0.15) is 28.1 Å². The normalized spacial score (nSPS) is 19.6. The van der Waals surface area contributed by atoms with E-state index in [0.29, 0.717) is 6.61 Å². The van der Waals surface area contributed by atoms with Crippen molar-refractivity contribution in [2.75, 3.05) is 24.6 Å². The maximum Gasteiger partial charge on any atom is 0.140 e. The SMILES string of the molecule is c1csc(C2CN(c3ncnc4sccc34)CCO2)n1. The van der Waals surface area contributed by atoms with Crippen LogP contribution in [-0.4, -0.2) is 34.6 Å². The zero-order valence-electron chi connectivity index (χ0n) is 10.6. The van der Waals surface area contributed by atoms with E-state index in [1.807, 2.05) is 11.6 Å². The summed E-state index contributed by atoms with van der Waals surface area (Å²) >= 11 is 3.28. The first-order chi connectivity index (χ1) is 9.92. The van der Waals surface area contributed by atoms with Gasteiger partial charge in [0.05, 0.1) is 18.5 Å². The van der Waals surface area contributed by atoms with Crippen molar-refractivity contribution in [1.82, 2.24) is 15.0 Å². The summed E-state index contributed by atoms with van der Waals surface area (Å²) in [7, 11) is 0. The molecule has 3 aromatic rings. The van der Waals surface area contributed by atoms with Crippen LogP contribution in [0.25, 0.3) is 10.2 Å². The van der Waals surface area contributed by atoms with Crippen molar-refractivity contribution in [1.29, 1.82) is 0 Å². The van der Waals surface area contributed by atoms with Gasteiger partial charge in [-0.2, -0.15) is 0 Å². The van der Waals surface area contributed by atoms with E-state index in [2.05, 4.69) is 31.3 Å². The molecule has 3 aromatic heterocycles. The van der Waals surface area contributed by atoms with Crippen LogP contribution in [0, 0.1) is 0 Å². The van der Waals surface area contributed by atoms with Crippen molar-refractivity contribution < 1.29 is 4.74 Å². The average Bonchev–Trinajstić information content (AvgIpc) is 3.18. The highest BCUT2D eigenvalue weighted by atomic mass is 32.1. The van der Waals surface area contributed by atoms with Crippen LogP contribution < -0.4 is 4.90 Å². The molecule has 0 N–H and O–H groups in total. The number of hydrogen-bond donors (Lipinski definition) is 0. The number of nitrogens with zero attached hydrogens (tertiary/aromatic N) is 4. The monoisotopic (exact) mass is 304 g/mol. The number of anilines is 1. The molecule has 0 aromatic carbocycles. The summed E-state index contributed by atoms with van der Waals surface area (Å²) in [6.07, 6.45) is 3.50. The fourth-order valence-electron chi connectivity index (χ4n) is 2.41. The summed E-state index contributed by atoms with van der Waals surface area (Å²) in [5.74, 6) is 1.00. The van der Waals surface area contributed by atoms with Crippen molar-refractivity contribution in [3.05, 3.63) is 34.4 Å². The minimum Gasteiger partial charge on any atom is -0.367 e. The molecule has 1 atom stereocenters. The van der Waals surface area contributed by atoms with Crippen molar-refractivity contribution in [2.45, 2.75) is 6.10 Å². The zero-order valence-corrected chi connectivity index (χ0v) is 12.2. The molecule has 102 valence electrons. The summed E-state index contributed by atoms with van der Waals surface area (Å²) in [6.45, 7) is 2.33. The Labute approximate surface area is 123 Å². The molecule has 7 heteroatoms. The third kappa shape index (κ3) is 2.07. The molecule has 4 heterocycles. The molecule has 4 rings (SSSR count). The van der Waals surface area contributed by atoms with E-state index < -0.39 is 0 Å². The smallest absolute Gasteiger partial charge is 0.140 e. The predicted octanol–water partition coefficient (Wildman–Crippen LogP) is 2.73. The van der Waals surface area contributed by atoms with E-state index in [4.69, 9.17) is 4.74 Å². The molecule has 0 radical (unpaired) electrons. The zero-order chi connectivity index (χ0) is 13.4. The third-order valence-electron chi connectivity index (χ3n) is 3.33. The second-order valence-corrected chi connectivity index (χ2v) is 6.33. The van der Waals surface area contributed by atoms with Crippen molar-refractivity contribution in [2.24, 2.45) is 0 Å². The maximum atomic E-state index is 5.83. The molecule has 0 bridgehead atoms. The Hall–Kier alpha value is -1.57. The van der Waals surface area contributed by atoms with Gasteiger partial charge in [-0.25, -0.2) is 15.0 Å². The van der Waals surface area contributed by atoms with Crippen LogP contribution in [0.5, 0.6) is 0 Å². The molecule has 1 aliphatic rings. The average molecular weight is 304 g/mol. The maximum absolute atomic E-state index is 5.83. The number of thiophene rings is 1. The van der Waals surface area contributed by atoms with Crippen LogP contribution in [0.2, 0.25) is 0 Å². The second-order valence-electron chi connectivity index (χ2n) is 4.51. The Morgan fingerprint density at radius 3 is 3.10 bits per heavy atom. The lowest BCUT2D eigenvalue weighted by Gasteiger charge is -2.33. The molecule has 0 amide bonds. The Morgan fingerprint density at radius 1 is 1.20 bits per heavy atom. The van der Waals surface area contributed by atoms with Crippen LogP contribution in [0.15, 0.2) is 29.4 Å². The summed E-state index contributed by atoms with van der Waals surface area (Å²) in [6, 6.07) is 2.09. The quantitative estimate of drug-likeness (QED) is 0.728. The molecular weight excluding hydrogens is 292 g/mol. The number of thiazole rings is 1. The van der Waals surface area contributed by atoms with E-state index in [0.717, 1.165) is 34.1 Å². The summed E-state index contributed by atoms with van der Waals surface area (Å²) in [4.78, 5) is 16.4. The van der Waals surface area contributed by atoms with E-state index in [9.17, 15) is 0 Å². The number of fused-ring (bicyclic) bond motifs is 1. The number of ether oxygens (including phenoxy) is 1. The molecule has 20 heavy (non-hydrogen) atoms. The van der Waals surface area contributed by atoms with Gasteiger partial charge >= 0.3 is 0 Å². The first-order valence-corrected chi connectivity index (χ1v) is 8.12. The lowest BCUT2D eigenvalue weighted by atomic mass is 10.2. The van der Waals surface area contributed by atoms with Crippen molar-refractivity contribution in [3.8, 4) is 0 Å². The Morgan fingerprint density at radius 2 is 2.20 bits per heavy atom. The minimum atomic E-state index is 0.0346. The molecule has 5 nitrogen and oxygen atoms in total. The number of hydrogen-bond acceptors (Lipinski definition) is 7. The third-order valence-corrected chi connectivity index (χ3v) is 5.02. The van der Waals surface area contributed by atoms with Crippen molar-refractivity contribution in [3.63, 3.8) is 0 Å². The van der Waals surface area contributed by atoms with Gasteiger partial charge in [0.2, 0.25) is 0 Å². The van der Waals surface area contributed by atoms with Crippen LogP contribution in [0.1, 0.15) is 11.1 Å². The van der Waals surface area contributed by atoms with Gasteiger partial charge in [-0.15, -0.1) is 22.7 Å². The fraction of sp³-hybridized carbons (Fsp3) is 0.308. The van der Waals surface area contributed by atoms with Gasteiger partial charge in [-0.3, -0.25) is 0 Å². The van der Waals surface area contributed by atoms with Crippen molar-refractivity contribution >= 4 is 38.7 Å². The molecular formula is C13H12N4OS2. The Bertz CT molecular complexity index is 712. The Kier molecular flexibility index (Phi) is 3.10. The molecule has 0 spiro atoms. The molecule has 0 aliphatic carbocycles. The highest BCUT2D eigenvalue weighted by Gasteiger charge is 2.25. The van der Waals surface area contributed by atoms with Gasteiger partial charge in [0.15, 0.2) is 0 Å². The van der Waals surface area contributed by atoms with E-state index in [1.54, 1.807) is 29.0 Å². The van der Waals surface area contributed by atoms with E-state index in [1.165, 1.54) is 0 Å². The summed E-state index contributed by atoms with van der Waals surface area (Å²) < 4.78 is 5.83. The topological polar surface area (TPSA) is 51.1 Å². The Balaban J connectivity index is 1.66. The van der Waals surface area contributed by atoms with Crippen LogP contribution in [0.4, 0.5) is 5.82 Å². The minimum absolute atomic E-state index is 0.0346. The predicted molar refractivity (Wildman–Crippen MR) is 80.4 cm³/mol. The lowest BCUT2D eigenvalue weighted by Crippen LogP contribution is -2.38. The summed E-state index contributed by atoms with van der Waals surface area (Å²) in [5.41, 5.74) is 0. The van der Waals surface area contributed by atoms with Gasteiger partial charge in [0.25, 0.3) is 0 Å². The standard InChI is InChI=1S/C13H12N4OS2/c1-5-19-12-9(1)11(15-8-16-12)17-3-4-18-10(7-17)13-14-2-6-20-13/h1-2,5-6,8,10H,3-4,7H2. The first kappa shape index (κ1) is 12.2. The van der Waals surface area contributed by atoms with Crippen LogP contribution in [-0.2, 0) is 4.74 Å². The number of morpholine rings is 1. The van der Waals surface area contributed by atoms with Gasteiger partial charge in [-0.1, -0.05) is 0 Å². The highest BCUT2D eigenvalue weighted by molar-refractivity contribution is 7.16.